The molecule has 0 saturated carbocycles. The summed E-state index contributed by atoms with van der Waals surface area (Å²) in [6.45, 7) is 1.88. The Bertz CT molecular complexity index is 1650. The van der Waals surface area contributed by atoms with Crippen LogP contribution in [0, 0.1) is 24.1 Å². The van der Waals surface area contributed by atoms with Crippen LogP contribution in [0.3, 0.4) is 0 Å². The SMILES string of the molecule is Cc1cc(Nc2noc(C#N)n2)nc(-c2cnc(C(=O)NCc3ccc(-c4ccccc4)nc3)c(F)c2)n1. The van der Waals surface area contributed by atoms with E-state index in [1.165, 1.54) is 6.20 Å². The van der Waals surface area contributed by atoms with Crippen molar-refractivity contribution >= 4 is 17.7 Å². The van der Waals surface area contributed by atoms with Crippen molar-refractivity contribution < 1.29 is 13.7 Å². The summed E-state index contributed by atoms with van der Waals surface area (Å²) in [5.41, 5.74) is 3.02. The van der Waals surface area contributed by atoms with Gasteiger partial charge in [0.15, 0.2) is 23.4 Å². The van der Waals surface area contributed by atoms with E-state index in [1.807, 2.05) is 42.5 Å². The smallest absolute Gasteiger partial charge is 0.330 e. The molecule has 11 nitrogen and oxygen atoms in total. The number of rotatable bonds is 7. The Morgan fingerprint density at radius 1 is 1.03 bits per heavy atom. The zero-order valence-electron chi connectivity index (χ0n) is 19.9. The minimum Gasteiger partial charge on any atom is -0.346 e. The molecule has 1 aromatic carbocycles. The normalized spacial score (nSPS) is 10.6. The maximum absolute atomic E-state index is 14.9. The molecule has 0 radical (unpaired) electrons. The molecule has 0 atom stereocenters. The number of pyridine rings is 2. The van der Waals surface area contributed by atoms with E-state index in [0.717, 1.165) is 22.9 Å². The number of benzene rings is 1. The lowest BCUT2D eigenvalue weighted by atomic mass is 10.1. The van der Waals surface area contributed by atoms with E-state index in [0.29, 0.717) is 11.5 Å². The summed E-state index contributed by atoms with van der Waals surface area (Å²) in [7, 11) is 0. The Hall–Kier alpha value is -5.57. The zero-order valence-corrected chi connectivity index (χ0v) is 19.9. The van der Waals surface area contributed by atoms with Crippen LogP contribution in [0.15, 0.2) is 71.5 Å². The van der Waals surface area contributed by atoms with Crippen LogP contribution < -0.4 is 10.6 Å². The number of halogens is 1. The molecule has 0 unspecified atom stereocenters. The van der Waals surface area contributed by atoms with Gasteiger partial charge in [-0.1, -0.05) is 36.4 Å². The van der Waals surface area contributed by atoms with E-state index in [2.05, 4.69) is 40.7 Å². The van der Waals surface area contributed by atoms with E-state index >= 15 is 0 Å². The van der Waals surface area contributed by atoms with E-state index in [1.54, 1.807) is 25.3 Å². The van der Waals surface area contributed by atoms with Gasteiger partial charge in [0.1, 0.15) is 5.82 Å². The molecule has 0 bridgehead atoms. The van der Waals surface area contributed by atoms with Crippen LogP contribution in [-0.4, -0.2) is 36.0 Å². The van der Waals surface area contributed by atoms with Gasteiger partial charge < -0.3 is 15.2 Å². The summed E-state index contributed by atoms with van der Waals surface area (Å²) in [5.74, 6) is -1.20. The Kier molecular flexibility index (Phi) is 6.73. The maximum atomic E-state index is 14.9. The second-order valence-corrected chi connectivity index (χ2v) is 8.03. The molecule has 0 aliphatic rings. The number of carbonyl (C=O) groups excluding carboxylic acids is 1. The molecule has 12 heteroatoms. The average molecular weight is 507 g/mol. The number of nitriles is 1. The number of nitrogens with zero attached hydrogens (tertiary/aromatic N) is 7. The highest BCUT2D eigenvalue weighted by Gasteiger charge is 2.17. The highest BCUT2D eigenvalue weighted by molar-refractivity contribution is 5.92. The van der Waals surface area contributed by atoms with Crippen LogP contribution >= 0.6 is 0 Å². The van der Waals surface area contributed by atoms with Crippen molar-refractivity contribution in [2.45, 2.75) is 13.5 Å². The molecule has 0 saturated heterocycles. The summed E-state index contributed by atoms with van der Waals surface area (Å²) in [5, 5.41) is 17.9. The molecular weight excluding hydrogens is 489 g/mol. The minimum atomic E-state index is -0.825. The van der Waals surface area contributed by atoms with Gasteiger partial charge in [-0.05, 0) is 29.8 Å². The fraction of sp³-hybridized carbons (Fsp3) is 0.0769. The monoisotopic (exact) mass is 507 g/mol. The molecule has 5 aromatic rings. The maximum Gasteiger partial charge on any atom is 0.330 e. The van der Waals surface area contributed by atoms with Gasteiger partial charge in [-0.3, -0.25) is 9.78 Å². The van der Waals surface area contributed by atoms with Gasteiger partial charge in [-0.2, -0.15) is 10.2 Å². The lowest BCUT2D eigenvalue weighted by Gasteiger charge is -2.09. The van der Waals surface area contributed by atoms with Gasteiger partial charge in [-0.15, -0.1) is 0 Å². The summed E-state index contributed by atoms with van der Waals surface area (Å²) in [4.78, 5) is 33.5. The highest BCUT2D eigenvalue weighted by atomic mass is 19.1. The molecule has 0 fully saturated rings. The number of hydrogen-bond donors (Lipinski definition) is 2. The summed E-state index contributed by atoms with van der Waals surface area (Å²) in [6.07, 6.45) is 2.97. The first-order valence-electron chi connectivity index (χ1n) is 11.3. The van der Waals surface area contributed by atoms with Crippen LogP contribution in [0.25, 0.3) is 22.6 Å². The lowest BCUT2D eigenvalue weighted by Crippen LogP contribution is -2.25. The van der Waals surface area contributed by atoms with Crippen LogP contribution in [-0.2, 0) is 6.54 Å². The third-order valence-corrected chi connectivity index (χ3v) is 5.28. The predicted molar refractivity (Wildman–Crippen MR) is 133 cm³/mol. The van der Waals surface area contributed by atoms with E-state index in [9.17, 15) is 9.18 Å². The first-order valence-corrected chi connectivity index (χ1v) is 11.3. The molecule has 0 aliphatic heterocycles. The number of aromatic nitrogens is 6. The zero-order chi connectivity index (χ0) is 26.5. The first-order chi connectivity index (χ1) is 18.5. The molecule has 2 N–H and O–H groups in total. The lowest BCUT2D eigenvalue weighted by molar-refractivity contribution is 0.0941. The van der Waals surface area contributed by atoms with Gasteiger partial charge >= 0.3 is 5.89 Å². The van der Waals surface area contributed by atoms with E-state index in [-0.39, 0.29) is 35.5 Å². The molecule has 5 rings (SSSR count). The van der Waals surface area contributed by atoms with Crippen LogP contribution in [0.5, 0.6) is 0 Å². The predicted octanol–water partition coefficient (Wildman–Crippen LogP) is 3.98. The fourth-order valence-electron chi connectivity index (χ4n) is 3.50. The third-order valence-electron chi connectivity index (χ3n) is 5.28. The Balaban J connectivity index is 1.27. The van der Waals surface area contributed by atoms with Crippen molar-refractivity contribution in [3.05, 3.63) is 95.7 Å². The Morgan fingerprint density at radius 3 is 2.58 bits per heavy atom. The van der Waals surface area contributed by atoms with Crippen molar-refractivity contribution in [1.29, 1.82) is 5.26 Å². The molecule has 0 spiro atoms. The quantitative estimate of drug-likeness (QED) is 0.330. The number of nitrogens with one attached hydrogen (secondary N) is 2. The van der Waals surface area contributed by atoms with E-state index < -0.39 is 11.7 Å². The highest BCUT2D eigenvalue weighted by Crippen LogP contribution is 2.21. The molecule has 4 aromatic heterocycles. The fourth-order valence-corrected chi connectivity index (χ4v) is 3.50. The van der Waals surface area contributed by atoms with Crippen molar-refractivity contribution in [3.63, 3.8) is 0 Å². The molecule has 1 amide bonds. The molecule has 38 heavy (non-hydrogen) atoms. The summed E-state index contributed by atoms with van der Waals surface area (Å²) < 4.78 is 19.6. The molecule has 4 heterocycles. The van der Waals surface area contributed by atoms with Crippen LogP contribution in [0.2, 0.25) is 0 Å². The van der Waals surface area contributed by atoms with Crippen molar-refractivity contribution in [1.82, 2.24) is 35.4 Å². The largest absolute Gasteiger partial charge is 0.346 e. The number of aryl methyl sites for hydroxylation is 1. The molecule has 186 valence electrons. The second-order valence-electron chi connectivity index (χ2n) is 8.03. The van der Waals surface area contributed by atoms with Crippen LogP contribution in [0.4, 0.5) is 16.2 Å². The Morgan fingerprint density at radius 2 is 1.87 bits per heavy atom. The van der Waals surface area contributed by atoms with Gasteiger partial charge in [-0.25, -0.2) is 19.3 Å². The topological polar surface area (TPSA) is 155 Å². The third kappa shape index (κ3) is 5.47. The standard InChI is InChI=1S/C26H18FN9O2/c1-15-9-21(34-26-35-22(11-28)38-36-26)33-24(32-15)18-10-19(27)23(30-14-18)25(37)31-13-16-7-8-20(29-12-16)17-5-3-2-4-6-17/h2-10,12,14H,13H2,1H3,(H,31,37)(H,32,33,34,36). The second kappa shape index (κ2) is 10.6. The summed E-state index contributed by atoms with van der Waals surface area (Å²) >= 11 is 0. The van der Waals surface area contributed by atoms with Crippen molar-refractivity contribution in [2.75, 3.05) is 5.32 Å². The number of hydrogen-bond acceptors (Lipinski definition) is 10. The van der Waals surface area contributed by atoms with Gasteiger partial charge in [0.2, 0.25) is 0 Å². The number of amides is 1. The number of carbonyl (C=O) groups is 1. The van der Waals surface area contributed by atoms with Crippen molar-refractivity contribution in [3.8, 4) is 28.7 Å². The van der Waals surface area contributed by atoms with Gasteiger partial charge in [0, 0.05) is 41.8 Å². The van der Waals surface area contributed by atoms with Gasteiger partial charge in [0.05, 0.1) is 5.69 Å². The van der Waals surface area contributed by atoms with Crippen LogP contribution in [0.1, 0.15) is 27.6 Å². The minimum absolute atomic E-state index is 0.0341. The first kappa shape index (κ1) is 24.1. The molecule has 0 aliphatic carbocycles. The molecular formula is C26H18FN9O2. The van der Waals surface area contributed by atoms with Crippen molar-refractivity contribution in [2.24, 2.45) is 0 Å². The Labute approximate surface area is 215 Å². The summed E-state index contributed by atoms with van der Waals surface area (Å²) in [6, 6.07) is 17.9. The average Bonchev–Trinajstić information content (AvgIpc) is 3.39. The van der Waals surface area contributed by atoms with E-state index in [4.69, 9.17) is 9.78 Å². The number of anilines is 2. The van der Waals surface area contributed by atoms with Gasteiger partial charge in [0.25, 0.3) is 11.9 Å².